The molecule has 310 valence electrons. The lowest BCUT2D eigenvalue weighted by Crippen LogP contribution is -2.62. The normalized spacial score (nSPS) is 18.9. The predicted molar refractivity (Wildman–Crippen MR) is 231 cm³/mol. The van der Waals surface area contributed by atoms with Crippen molar-refractivity contribution in [2.45, 2.75) is 30.6 Å². The molecule has 14 heteroatoms. The van der Waals surface area contributed by atoms with Gasteiger partial charge in [0.25, 0.3) is 0 Å². The van der Waals surface area contributed by atoms with E-state index < -0.39 is 61.1 Å². The zero-order valence-electron chi connectivity index (χ0n) is 32.7. The molecule has 0 radical (unpaired) electrons. The molecule has 1 aromatic heterocycles. The van der Waals surface area contributed by atoms with E-state index in [1.807, 2.05) is 65.2 Å². The average Bonchev–Trinajstić information content (AvgIpc) is 3.72. The Morgan fingerprint density at radius 2 is 0.887 bits per heavy atom. The van der Waals surface area contributed by atoms with E-state index in [4.69, 9.17) is 33.7 Å². The zero-order chi connectivity index (χ0) is 42.7. The molecule has 0 bridgehead atoms. The molecule has 0 saturated carbocycles. The van der Waals surface area contributed by atoms with Gasteiger partial charge >= 0.3 is 23.9 Å². The molecular formula is C48H37N3O9S2. The average molecular weight is 864 g/mol. The smallest absolute Gasteiger partial charge is 0.338 e. The summed E-state index contributed by atoms with van der Waals surface area (Å²) in [6.45, 7) is -0.481. The number of rotatable bonds is 12. The van der Waals surface area contributed by atoms with E-state index in [9.17, 15) is 19.2 Å². The third kappa shape index (κ3) is 10.0. The molecule has 1 saturated heterocycles. The molecule has 1 fully saturated rings. The Bertz CT molecular complexity index is 2750. The summed E-state index contributed by atoms with van der Waals surface area (Å²) in [4.78, 5) is 66.4. The van der Waals surface area contributed by atoms with Crippen LogP contribution in [-0.4, -0.2) is 65.7 Å². The summed E-state index contributed by atoms with van der Waals surface area (Å²) in [5.41, 5.74) is 2.25. The van der Waals surface area contributed by atoms with Gasteiger partial charge in [0.05, 0.1) is 33.6 Å². The van der Waals surface area contributed by atoms with Crippen molar-refractivity contribution in [1.29, 1.82) is 0 Å². The van der Waals surface area contributed by atoms with Crippen LogP contribution in [-0.2, 0) is 23.7 Å². The molecule has 8 rings (SSSR count). The van der Waals surface area contributed by atoms with Crippen LogP contribution in [0.15, 0.2) is 192 Å². The molecule has 1 aliphatic rings. The number of hydrogen-bond donors (Lipinski definition) is 0. The minimum absolute atomic E-state index is 0.176. The Morgan fingerprint density at radius 3 is 1.39 bits per heavy atom. The fourth-order valence-electron chi connectivity index (χ4n) is 6.55. The Labute approximate surface area is 363 Å². The van der Waals surface area contributed by atoms with Crippen molar-refractivity contribution in [3.8, 4) is 5.69 Å². The summed E-state index contributed by atoms with van der Waals surface area (Å²) in [5, 5.41) is 0. The lowest BCUT2D eigenvalue weighted by atomic mass is 9.97. The molecule has 12 nitrogen and oxygen atoms in total. The molecule has 0 amide bonds. The summed E-state index contributed by atoms with van der Waals surface area (Å²) in [6.07, 6.45) is -7.35. The van der Waals surface area contributed by atoms with E-state index in [-0.39, 0.29) is 22.3 Å². The first kappa shape index (κ1) is 41.5. The number of ether oxygens (including phenoxy) is 5. The largest absolute Gasteiger partial charge is 0.459 e. The Balaban J connectivity index is 1.29. The van der Waals surface area contributed by atoms with Gasteiger partial charge in [-0.1, -0.05) is 109 Å². The molecule has 0 unspecified atom stereocenters. The van der Waals surface area contributed by atoms with Crippen LogP contribution < -0.4 is 9.60 Å². The molecule has 0 aliphatic carbocycles. The van der Waals surface area contributed by atoms with Gasteiger partial charge in [-0.15, -0.1) is 0 Å². The number of hydrogen-bond acceptors (Lipinski definition) is 13. The lowest BCUT2D eigenvalue weighted by molar-refractivity contribution is -0.227. The topological polar surface area (TPSA) is 144 Å². The molecule has 2 heterocycles. The third-order valence-corrected chi connectivity index (χ3v) is 11.6. The van der Waals surface area contributed by atoms with Crippen LogP contribution in [0.4, 0.5) is 5.69 Å². The minimum Gasteiger partial charge on any atom is -0.459 e. The van der Waals surface area contributed by atoms with Gasteiger partial charge in [-0.2, -0.15) is 0 Å². The molecule has 6 aromatic carbocycles. The highest BCUT2D eigenvalue weighted by Gasteiger charge is 2.53. The predicted octanol–water partition coefficient (Wildman–Crippen LogP) is 7.99. The fourth-order valence-corrected chi connectivity index (χ4v) is 8.71. The number of carbonyl (C=O) groups is 4. The van der Waals surface area contributed by atoms with Crippen LogP contribution in [0.25, 0.3) is 5.69 Å². The number of aromatic nitrogens is 1. The van der Waals surface area contributed by atoms with Crippen molar-refractivity contribution in [3.63, 3.8) is 0 Å². The van der Waals surface area contributed by atoms with Crippen LogP contribution >= 0.6 is 20.7 Å². The highest BCUT2D eigenvalue weighted by atomic mass is 32.9. The fraction of sp³-hybridized carbons (Fsp3) is 0.125. The van der Waals surface area contributed by atoms with E-state index >= 15 is 0 Å². The van der Waals surface area contributed by atoms with Gasteiger partial charge in [0.2, 0.25) is 9.60 Å². The second-order valence-corrected chi connectivity index (χ2v) is 15.8. The molecule has 0 N–H and O–H groups in total. The van der Waals surface area contributed by atoms with Gasteiger partial charge in [0.1, 0.15) is 12.7 Å². The molecule has 7 aromatic rings. The van der Waals surface area contributed by atoms with Crippen molar-refractivity contribution in [3.05, 3.63) is 214 Å². The summed E-state index contributed by atoms with van der Waals surface area (Å²) >= 11 is 0. The van der Waals surface area contributed by atoms with Crippen LogP contribution in [0.1, 0.15) is 41.4 Å². The van der Waals surface area contributed by atoms with E-state index in [1.165, 1.54) is 20.7 Å². The molecular weight excluding hydrogens is 827 g/mol. The minimum atomic E-state index is -1.56. The Kier molecular flexibility index (Phi) is 13.3. The number of carbonyl (C=O) groups excluding carboxylic acids is 4. The summed E-state index contributed by atoms with van der Waals surface area (Å²) in [6, 6.07) is 51.9. The molecule has 1 aliphatic heterocycles. The van der Waals surface area contributed by atoms with Gasteiger partial charge in [0, 0.05) is 0 Å². The van der Waals surface area contributed by atoms with Crippen molar-refractivity contribution < 1.29 is 42.9 Å². The number of esters is 4. The summed E-state index contributed by atoms with van der Waals surface area (Å²) in [7, 11) is 2.64. The highest BCUT2D eigenvalue weighted by Crippen LogP contribution is 2.32. The second kappa shape index (κ2) is 19.9. The first-order chi connectivity index (χ1) is 30.4. The first-order valence-corrected chi connectivity index (χ1v) is 21.6. The van der Waals surface area contributed by atoms with E-state index in [1.54, 1.807) is 121 Å². The number of para-hydroxylation sites is 2. The van der Waals surface area contributed by atoms with E-state index in [0.29, 0.717) is 15.3 Å². The zero-order valence-corrected chi connectivity index (χ0v) is 34.4. The maximum absolute atomic E-state index is 14.1. The van der Waals surface area contributed by atoms with E-state index in [2.05, 4.69) is 0 Å². The lowest BCUT2D eigenvalue weighted by Gasteiger charge is -2.43. The maximum atomic E-state index is 14.1. The quantitative estimate of drug-likeness (QED) is 0.0678. The molecule has 5 atom stereocenters. The van der Waals surface area contributed by atoms with Gasteiger partial charge in [-0.25, -0.2) is 29.2 Å². The van der Waals surface area contributed by atoms with Crippen molar-refractivity contribution in [2.24, 2.45) is 9.98 Å². The van der Waals surface area contributed by atoms with Crippen molar-refractivity contribution in [2.75, 3.05) is 6.61 Å². The Hall–Kier alpha value is -7.26. The Morgan fingerprint density at radius 1 is 0.484 bits per heavy atom. The van der Waals surface area contributed by atoms with Gasteiger partial charge in [-0.05, 0) is 93.5 Å². The van der Waals surface area contributed by atoms with Crippen molar-refractivity contribution >= 4 is 50.2 Å². The number of benzene rings is 6. The van der Waals surface area contributed by atoms with Crippen LogP contribution in [0.2, 0.25) is 0 Å². The second-order valence-electron chi connectivity index (χ2n) is 13.7. The van der Waals surface area contributed by atoms with Crippen LogP contribution in [0.3, 0.4) is 0 Å². The van der Waals surface area contributed by atoms with Crippen LogP contribution in [0, 0.1) is 0 Å². The third-order valence-electron chi connectivity index (χ3n) is 9.56. The standard InChI is InChI=1S/C48H37N3O9S2/c52-43(32-19-7-1-8-20-32)56-31-38-39(58-44(53)33-21-9-2-10-22-33)40(59-45(54)34-23-11-3-12-24-34)41(60-46(55)35-25-13-4-14-26-35)42(57-38)50-48-51(37-29-17-6-18-30-37)47(61-62-48)49-36-27-15-5-16-28-36/h1-30,38-42H,31H2/b49-47?,50-48-/t38-,39-,40+,41-,42-/m1/s1. The van der Waals surface area contributed by atoms with E-state index in [0.717, 1.165) is 5.69 Å². The maximum Gasteiger partial charge on any atom is 0.338 e. The van der Waals surface area contributed by atoms with Crippen LogP contribution in [0.5, 0.6) is 0 Å². The summed E-state index contributed by atoms with van der Waals surface area (Å²) in [5.74, 6) is -3.07. The monoisotopic (exact) mass is 863 g/mol. The van der Waals surface area contributed by atoms with Gasteiger partial charge in [0.15, 0.2) is 24.5 Å². The first-order valence-electron chi connectivity index (χ1n) is 19.5. The van der Waals surface area contributed by atoms with Gasteiger partial charge in [-0.3, -0.25) is 4.57 Å². The molecule has 0 spiro atoms. The highest BCUT2D eigenvalue weighted by molar-refractivity contribution is 7.67. The summed E-state index contributed by atoms with van der Waals surface area (Å²) < 4.78 is 33.0. The molecule has 62 heavy (non-hydrogen) atoms. The number of nitrogens with zero attached hydrogens (tertiary/aromatic N) is 3. The van der Waals surface area contributed by atoms with Gasteiger partial charge < -0.3 is 23.7 Å². The van der Waals surface area contributed by atoms with Crippen molar-refractivity contribution in [1.82, 2.24) is 4.57 Å². The SMILES string of the molecule is O=C(OC[C@H]1O[C@@H](/N=c2\ssc(=Nc3ccccc3)n2-c2ccccc2)[C@H](OC(=O)c2ccccc2)[C@@H](OC(=O)c2ccccc2)[C@@H]1OC(=O)c1ccccc1)c1ccccc1.